The molecule has 20 heavy (non-hydrogen) atoms. The molecule has 0 amide bonds. The smallest absolute Gasteiger partial charge is 0.310 e. The number of aliphatic carboxylic acids is 1. The van der Waals surface area contributed by atoms with E-state index in [2.05, 4.69) is 6.07 Å². The van der Waals surface area contributed by atoms with Gasteiger partial charge < -0.3 is 9.84 Å². The molecule has 0 bridgehead atoms. The van der Waals surface area contributed by atoms with Crippen LogP contribution in [0, 0.1) is 13.8 Å². The van der Waals surface area contributed by atoms with Crippen LogP contribution in [0.2, 0.25) is 0 Å². The third-order valence-electron chi connectivity index (χ3n) is 3.31. The average molecular weight is 270 g/mol. The van der Waals surface area contributed by atoms with Crippen LogP contribution in [-0.2, 0) is 4.79 Å². The number of hydrogen-bond acceptors (Lipinski definition) is 2. The Balaban J connectivity index is 2.16. The molecule has 3 heteroatoms. The molecule has 1 N–H and O–H groups in total. The zero-order chi connectivity index (χ0) is 14.7. The van der Waals surface area contributed by atoms with E-state index in [-0.39, 0.29) is 0 Å². The lowest BCUT2D eigenvalue weighted by Gasteiger charge is -2.11. The van der Waals surface area contributed by atoms with Gasteiger partial charge in [0, 0.05) is 0 Å². The zero-order valence-corrected chi connectivity index (χ0v) is 11.9. The van der Waals surface area contributed by atoms with Gasteiger partial charge in [-0.05, 0) is 50.1 Å². The van der Waals surface area contributed by atoms with Gasteiger partial charge in [-0.25, -0.2) is 0 Å². The first-order chi connectivity index (χ1) is 9.47. The quantitative estimate of drug-likeness (QED) is 0.901. The van der Waals surface area contributed by atoms with Crippen LogP contribution in [0.4, 0.5) is 0 Å². The number of aryl methyl sites for hydroxylation is 2. The lowest BCUT2D eigenvalue weighted by molar-refractivity contribution is -0.138. The van der Waals surface area contributed by atoms with E-state index in [9.17, 15) is 4.79 Å². The van der Waals surface area contributed by atoms with Crippen molar-refractivity contribution in [2.45, 2.75) is 26.7 Å². The second-order valence-electron chi connectivity index (χ2n) is 5.00. The molecule has 0 saturated heterocycles. The second kappa shape index (κ2) is 5.78. The summed E-state index contributed by atoms with van der Waals surface area (Å²) >= 11 is 0. The van der Waals surface area contributed by atoms with E-state index < -0.39 is 11.9 Å². The van der Waals surface area contributed by atoms with Gasteiger partial charge in [0.05, 0.1) is 5.92 Å². The van der Waals surface area contributed by atoms with Crippen LogP contribution < -0.4 is 4.74 Å². The molecule has 1 atom stereocenters. The van der Waals surface area contributed by atoms with Crippen molar-refractivity contribution in [3.05, 3.63) is 59.2 Å². The minimum absolute atomic E-state index is 0.509. The van der Waals surface area contributed by atoms with Crippen molar-refractivity contribution >= 4 is 5.97 Å². The number of benzene rings is 2. The minimum atomic E-state index is -0.826. The van der Waals surface area contributed by atoms with Crippen LogP contribution in [0.15, 0.2) is 42.5 Å². The standard InChI is InChI=1S/C17H18O3/c1-11-4-9-16(12(2)10-11)20-15-7-5-14(6-8-15)13(3)17(18)19/h4-10,13H,1-3H3,(H,18,19). The van der Waals surface area contributed by atoms with Crippen molar-refractivity contribution in [3.63, 3.8) is 0 Å². The van der Waals surface area contributed by atoms with E-state index in [1.165, 1.54) is 5.56 Å². The third-order valence-corrected chi connectivity index (χ3v) is 3.31. The Kier molecular flexibility index (Phi) is 4.08. The lowest BCUT2D eigenvalue weighted by atomic mass is 10.0. The van der Waals surface area contributed by atoms with Crippen molar-refractivity contribution < 1.29 is 14.6 Å². The van der Waals surface area contributed by atoms with Crippen LogP contribution in [0.3, 0.4) is 0 Å². The molecule has 2 aromatic carbocycles. The molecule has 0 saturated carbocycles. The Hall–Kier alpha value is -2.29. The molecule has 0 radical (unpaired) electrons. The van der Waals surface area contributed by atoms with Gasteiger partial charge in [0.25, 0.3) is 0 Å². The first-order valence-corrected chi connectivity index (χ1v) is 6.55. The lowest BCUT2D eigenvalue weighted by Crippen LogP contribution is -2.06. The SMILES string of the molecule is Cc1ccc(Oc2ccc(C(C)C(=O)O)cc2)c(C)c1. The first kappa shape index (κ1) is 14.1. The van der Waals surface area contributed by atoms with E-state index >= 15 is 0 Å². The van der Waals surface area contributed by atoms with Gasteiger partial charge in [0.2, 0.25) is 0 Å². The van der Waals surface area contributed by atoms with E-state index in [1.807, 2.05) is 26.0 Å². The zero-order valence-electron chi connectivity index (χ0n) is 11.9. The molecule has 0 aliphatic rings. The number of rotatable bonds is 4. The fraction of sp³-hybridized carbons (Fsp3) is 0.235. The van der Waals surface area contributed by atoms with Crippen LogP contribution in [0.1, 0.15) is 29.5 Å². The van der Waals surface area contributed by atoms with E-state index in [0.717, 1.165) is 16.9 Å². The van der Waals surface area contributed by atoms with Gasteiger partial charge in [-0.2, -0.15) is 0 Å². The maximum Gasteiger partial charge on any atom is 0.310 e. The fourth-order valence-corrected chi connectivity index (χ4v) is 2.01. The highest BCUT2D eigenvalue weighted by atomic mass is 16.5. The molecular formula is C17H18O3. The van der Waals surface area contributed by atoms with Crippen molar-refractivity contribution in [3.8, 4) is 11.5 Å². The van der Waals surface area contributed by atoms with Crippen molar-refractivity contribution in [1.82, 2.24) is 0 Å². The molecule has 104 valence electrons. The molecule has 0 heterocycles. The highest BCUT2D eigenvalue weighted by Crippen LogP contribution is 2.27. The number of carbonyl (C=O) groups is 1. The summed E-state index contributed by atoms with van der Waals surface area (Å²) in [5.41, 5.74) is 3.04. The van der Waals surface area contributed by atoms with Crippen LogP contribution in [-0.4, -0.2) is 11.1 Å². The number of hydrogen-bond donors (Lipinski definition) is 1. The first-order valence-electron chi connectivity index (χ1n) is 6.55. The summed E-state index contributed by atoms with van der Waals surface area (Å²) in [5, 5.41) is 8.97. The summed E-state index contributed by atoms with van der Waals surface area (Å²) < 4.78 is 5.81. The van der Waals surface area contributed by atoms with Gasteiger partial charge in [-0.15, -0.1) is 0 Å². The molecule has 2 aromatic rings. The summed E-state index contributed by atoms with van der Waals surface area (Å²) in [6, 6.07) is 13.2. The molecule has 1 unspecified atom stereocenters. The Morgan fingerprint density at radius 3 is 2.30 bits per heavy atom. The van der Waals surface area contributed by atoms with E-state index in [1.54, 1.807) is 31.2 Å². The van der Waals surface area contributed by atoms with Crippen molar-refractivity contribution in [2.75, 3.05) is 0 Å². The second-order valence-corrected chi connectivity index (χ2v) is 5.00. The van der Waals surface area contributed by atoms with Gasteiger partial charge in [0.15, 0.2) is 0 Å². The maximum absolute atomic E-state index is 10.9. The summed E-state index contributed by atoms with van der Waals surface area (Å²) in [7, 11) is 0. The van der Waals surface area contributed by atoms with Gasteiger partial charge in [-0.3, -0.25) is 4.79 Å². The molecule has 0 aliphatic heterocycles. The van der Waals surface area contributed by atoms with Gasteiger partial charge in [0.1, 0.15) is 11.5 Å². The van der Waals surface area contributed by atoms with E-state index in [4.69, 9.17) is 9.84 Å². The number of carboxylic acid groups (broad SMARTS) is 1. The Morgan fingerprint density at radius 2 is 1.75 bits per heavy atom. The number of ether oxygens (including phenoxy) is 1. The molecule has 0 aromatic heterocycles. The Labute approximate surface area is 118 Å². The number of carboxylic acids is 1. The summed E-state index contributed by atoms with van der Waals surface area (Å²) in [5.74, 6) is 0.186. The van der Waals surface area contributed by atoms with Gasteiger partial charge >= 0.3 is 5.97 Å². The monoisotopic (exact) mass is 270 g/mol. The molecule has 0 fully saturated rings. The summed E-state index contributed by atoms with van der Waals surface area (Å²) in [4.78, 5) is 10.9. The molecule has 0 spiro atoms. The predicted octanol–water partition coefficient (Wildman–Crippen LogP) is 4.28. The average Bonchev–Trinajstić information content (AvgIpc) is 2.42. The van der Waals surface area contributed by atoms with Gasteiger partial charge in [-0.1, -0.05) is 29.8 Å². The normalized spacial score (nSPS) is 11.9. The summed E-state index contributed by atoms with van der Waals surface area (Å²) in [6.07, 6.45) is 0. The topological polar surface area (TPSA) is 46.5 Å². The largest absolute Gasteiger partial charge is 0.481 e. The fourth-order valence-electron chi connectivity index (χ4n) is 2.01. The van der Waals surface area contributed by atoms with Crippen LogP contribution in [0.25, 0.3) is 0 Å². The molecule has 2 rings (SSSR count). The van der Waals surface area contributed by atoms with E-state index in [0.29, 0.717) is 5.75 Å². The van der Waals surface area contributed by atoms with Crippen molar-refractivity contribution in [1.29, 1.82) is 0 Å². The maximum atomic E-state index is 10.9. The summed E-state index contributed by atoms with van der Waals surface area (Å²) in [6.45, 7) is 5.71. The molecule has 0 aliphatic carbocycles. The van der Waals surface area contributed by atoms with Crippen molar-refractivity contribution in [2.24, 2.45) is 0 Å². The minimum Gasteiger partial charge on any atom is -0.481 e. The Bertz CT molecular complexity index is 615. The molecule has 3 nitrogen and oxygen atoms in total. The third kappa shape index (κ3) is 3.18. The van der Waals surface area contributed by atoms with Crippen LogP contribution in [0.5, 0.6) is 11.5 Å². The predicted molar refractivity (Wildman–Crippen MR) is 78.5 cm³/mol. The Morgan fingerprint density at radius 1 is 1.10 bits per heavy atom. The molecular weight excluding hydrogens is 252 g/mol. The highest BCUT2D eigenvalue weighted by Gasteiger charge is 2.13. The highest BCUT2D eigenvalue weighted by molar-refractivity contribution is 5.75. The van der Waals surface area contributed by atoms with Crippen LogP contribution >= 0.6 is 0 Å².